The molecule has 1 aromatic heterocycles. The molecule has 8 heteroatoms. The van der Waals surface area contributed by atoms with Gasteiger partial charge in [-0.25, -0.2) is 0 Å². The molecule has 1 heterocycles. The lowest BCUT2D eigenvalue weighted by molar-refractivity contribution is 0.111. The predicted octanol–water partition coefficient (Wildman–Crippen LogP) is 4.15. The number of benzene rings is 3. The summed E-state index contributed by atoms with van der Waals surface area (Å²) in [6.07, 6.45) is 4.79. The number of hydrogen-bond donors (Lipinski definition) is 2. The van der Waals surface area contributed by atoms with Crippen molar-refractivity contribution in [3.63, 3.8) is 0 Å². The van der Waals surface area contributed by atoms with Crippen molar-refractivity contribution < 1.29 is 9.59 Å². The molecular weight excluding hydrogens is 404 g/mol. The number of rotatable bonds is 8. The Kier molecular flexibility index (Phi) is 6.33. The summed E-state index contributed by atoms with van der Waals surface area (Å²) in [5.41, 5.74) is 8.53. The Balaban J connectivity index is 1.53. The highest BCUT2D eigenvalue weighted by Gasteiger charge is 2.08. The molecule has 0 atom stereocenters. The highest BCUT2D eigenvalue weighted by atomic mass is 16.1. The summed E-state index contributed by atoms with van der Waals surface area (Å²) < 4.78 is 0. The lowest BCUT2D eigenvalue weighted by Crippen LogP contribution is -2.01. The number of aldehydes is 2. The number of anilines is 2. The lowest BCUT2D eigenvalue weighted by Gasteiger charge is -2.08. The fourth-order valence-electron chi connectivity index (χ4n) is 3.03. The van der Waals surface area contributed by atoms with E-state index in [0.29, 0.717) is 22.8 Å². The zero-order valence-electron chi connectivity index (χ0n) is 16.8. The smallest absolute Gasteiger partial charge is 0.176 e. The van der Waals surface area contributed by atoms with Gasteiger partial charge in [-0.05, 0) is 23.3 Å². The van der Waals surface area contributed by atoms with Gasteiger partial charge in [-0.15, -0.1) is 10.2 Å². The van der Waals surface area contributed by atoms with Crippen molar-refractivity contribution in [2.75, 3.05) is 10.9 Å². The van der Waals surface area contributed by atoms with Crippen molar-refractivity contribution in [1.82, 2.24) is 10.2 Å². The molecule has 0 unspecified atom stereocenters. The van der Waals surface area contributed by atoms with Crippen molar-refractivity contribution in [3.05, 3.63) is 95.1 Å². The molecule has 2 N–H and O–H groups in total. The van der Waals surface area contributed by atoms with Gasteiger partial charge >= 0.3 is 0 Å². The summed E-state index contributed by atoms with van der Waals surface area (Å²) in [5.74, 6) is 0.966. The highest BCUT2D eigenvalue weighted by Crippen LogP contribution is 2.25. The number of hydrazone groups is 2. The molecule has 3 aromatic carbocycles. The van der Waals surface area contributed by atoms with Crippen LogP contribution < -0.4 is 10.9 Å². The Labute approximate surface area is 183 Å². The van der Waals surface area contributed by atoms with Crippen LogP contribution in [-0.2, 0) is 0 Å². The lowest BCUT2D eigenvalue weighted by atomic mass is 10.1. The molecule has 0 aliphatic rings. The van der Waals surface area contributed by atoms with Gasteiger partial charge in [0.15, 0.2) is 11.6 Å². The minimum atomic E-state index is 0.483. The number of aromatic nitrogens is 2. The number of fused-ring (bicyclic) bond motifs is 1. The van der Waals surface area contributed by atoms with E-state index >= 15 is 0 Å². The Morgan fingerprint density at radius 1 is 0.594 bits per heavy atom. The maximum Gasteiger partial charge on any atom is 0.176 e. The van der Waals surface area contributed by atoms with Crippen molar-refractivity contribution in [2.45, 2.75) is 0 Å². The van der Waals surface area contributed by atoms with E-state index in [1.54, 1.807) is 48.8 Å². The molecule has 0 aliphatic heterocycles. The standard InChI is InChI=1S/C24H18N6O2/c31-15-19-7-3-5-17(11-19)13-25-27-23-21-9-1-2-10-22(21)24(30-29-23)28-26-14-18-6-4-8-20(12-18)16-32/h1-16H,(H,27,29)(H,28,30)/b25-13-,26-14+. The van der Waals surface area contributed by atoms with Crippen LogP contribution in [0.1, 0.15) is 31.8 Å². The highest BCUT2D eigenvalue weighted by molar-refractivity contribution is 5.98. The number of carbonyl (C=O) groups is 2. The Morgan fingerprint density at radius 2 is 1.03 bits per heavy atom. The van der Waals surface area contributed by atoms with Gasteiger partial charge in [0.05, 0.1) is 12.4 Å². The largest absolute Gasteiger partial charge is 0.298 e. The zero-order chi connectivity index (χ0) is 22.2. The van der Waals surface area contributed by atoms with E-state index in [-0.39, 0.29) is 0 Å². The second kappa shape index (κ2) is 9.86. The zero-order valence-corrected chi connectivity index (χ0v) is 16.8. The predicted molar refractivity (Wildman–Crippen MR) is 126 cm³/mol. The van der Waals surface area contributed by atoms with Crippen LogP contribution in [0.3, 0.4) is 0 Å². The summed E-state index contributed by atoms with van der Waals surface area (Å²) in [4.78, 5) is 21.8. The molecule has 156 valence electrons. The molecule has 0 amide bonds. The van der Waals surface area contributed by atoms with Crippen LogP contribution in [0.15, 0.2) is 83.0 Å². The first-order valence-corrected chi connectivity index (χ1v) is 9.71. The molecule has 0 spiro atoms. The molecular formula is C24H18N6O2. The topological polar surface area (TPSA) is 109 Å². The van der Waals surface area contributed by atoms with Crippen molar-refractivity contribution >= 4 is 47.4 Å². The Bertz CT molecular complexity index is 1230. The van der Waals surface area contributed by atoms with Gasteiger partial charge in [0.1, 0.15) is 12.6 Å². The SMILES string of the molecule is O=Cc1cccc(/C=N\Nc2nnc(N/N=C/c3cccc(C=O)c3)c3ccccc23)c1. The quantitative estimate of drug-likeness (QED) is 0.251. The fraction of sp³-hybridized carbons (Fsp3) is 0. The summed E-state index contributed by atoms with van der Waals surface area (Å²) in [6.45, 7) is 0. The van der Waals surface area contributed by atoms with Crippen molar-refractivity contribution in [1.29, 1.82) is 0 Å². The van der Waals surface area contributed by atoms with Gasteiger partial charge < -0.3 is 0 Å². The van der Waals surface area contributed by atoms with Crippen LogP contribution in [0, 0.1) is 0 Å². The number of hydrogen-bond acceptors (Lipinski definition) is 8. The van der Waals surface area contributed by atoms with Gasteiger partial charge in [0, 0.05) is 21.9 Å². The molecule has 0 saturated heterocycles. The molecule has 0 fully saturated rings. The van der Waals surface area contributed by atoms with Gasteiger partial charge in [0.25, 0.3) is 0 Å². The van der Waals surface area contributed by atoms with E-state index in [1.807, 2.05) is 36.4 Å². The number of nitrogens with one attached hydrogen (secondary N) is 2. The average molecular weight is 422 g/mol. The van der Waals surface area contributed by atoms with Crippen LogP contribution in [0.5, 0.6) is 0 Å². The Hall–Kier alpha value is -4.72. The van der Waals surface area contributed by atoms with Gasteiger partial charge in [-0.1, -0.05) is 60.7 Å². The van der Waals surface area contributed by atoms with Crippen LogP contribution in [-0.4, -0.2) is 35.2 Å². The summed E-state index contributed by atoms with van der Waals surface area (Å²) in [5, 5.41) is 18.5. The molecule has 8 nitrogen and oxygen atoms in total. The Morgan fingerprint density at radius 3 is 1.47 bits per heavy atom. The van der Waals surface area contributed by atoms with E-state index in [2.05, 4.69) is 31.3 Å². The summed E-state index contributed by atoms with van der Waals surface area (Å²) >= 11 is 0. The number of carbonyl (C=O) groups excluding carboxylic acids is 2. The maximum absolute atomic E-state index is 10.9. The van der Waals surface area contributed by atoms with E-state index in [1.165, 1.54) is 0 Å². The summed E-state index contributed by atoms with van der Waals surface area (Å²) in [6, 6.07) is 21.8. The average Bonchev–Trinajstić information content (AvgIpc) is 2.85. The third-order valence-corrected chi connectivity index (χ3v) is 4.55. The van der Waals surface area contributed by atoms with Crippen LogP contribution >= 0.6 is 0 Å². The van der Waals surface area contributed by atoms with E-state index in [9.17, 15) is 9.59 Å². The van der Waals surface area contributed by atoms with Gasteiger partial charge in [0.2, 0.25) is 0 Å². The van der Waals surface area contributed by atoms with Crippen LogP contribution in [0.4, 0.5) is 11.6 Å². The molecule has 32 heavy (non-hydrogen) atoms. The minimum absolute atomic E-state index is 0.483. The first-order chi connectivity index (χ1) is 15.8. The second-order valence-electron chi connectivity index (χ2n) is 6.76. The molecule has 0 bridgehead atoms. The molecule has 4 aromatic rings. The third kappa shape index (κ3) is 4.88. The van der Waals surface area contributed by atoms with E-state index < -0.39 is 0 Å². The molecule has 0 radical (unpaired) electrons. The first-order valence-electron chi connectivity index (χ1n) is 9.71. The molecule has 0 aliphatic carbocycles. The minimum Gasteiger partial charge on any atom is -0.298 e. The van der Waals surface area contributed by atoms with E-state index in [0.717, 1.165) is 34.5 Å². The van der Waals surface area contributed by atoms with E-state index in [4.69, 9.17) is 0 Å². The second-order valence-corrected chi connectivity index (χ2v) is 6.76. The van der Waals surface area contributed by atoms with Gasteiger partial charge in [-0.2, -0.15) is 10.2 Å². The molecule has 4 rings (SSSR count). The number of nitrogens with zero attached hydrogens (tertiary/aromatic N) is 4. The fourth-order valence-corrected chi connectivity index (χ4v) is 3.03. The van der Waals surface area contributed by atoms with Gasteiger partial charge in [-0.3, -0.25) is 20.4 Å². The molecule has 0 saturated carbocycles. The van der Waals surface area contributed by atoms with Crippen LogP contribution in [0.25, 0.3) is 10.8 Å². The summed E-state index contributed by atoms with van der Waals surface area (Å²) in [7, 11) is 0. The van der Waals surface area contributed by atoms with Crippen LogP contribution in [0.2, 0.25) is 0 Å². The monoisotopic (exact) mass is 422 g/mol. The maximum atomic E-state index is 10.9. The first kappa shape index (κ1) is 20.5. The third-order valence-electron chi connectivity index (χ3n) is 4.55. The van der Waals surface area contributed by atoms with Crippen molar-refractivity contribution in [3.8, 4) is 0 Å². The van der Waals surface area contributed by atoms with Crippen molar-refractivity contribution in [2.24, 2.45) is 10.2 Å². The normalized spacial score (nSPS) is 11.1.